The summed E-state index contributed by atoms with van der Waals surface area (Å²) < 4.78 is 10.6. The van der Waals surface area contributed by atoms with Crippen LogP contribution in [0.15, 0.2) is 48.2 Å². The zero-order valence-electron chi connectivity index (χ0n) is 20.3. The second kappa shape index (κ2) is 11.8. The quantitative estimate of drug-likeness (QED) is 0.441. The molecule has 1 fully saturated rings. The van der Waals surface area contributed by atoms with Crippen molar-refractivity contribution in [2.45, 2.75) is 39.7 Å². The van der Waals surface area contributed by atoms with Gasteiger partial charge in [0, 0.05) is 18.8 Å². The maximum absolute atomic E-state index is 13.2. The molecule has 3 rings (SSSR count). The Balaban J connectivity index is 1.95. The van der Waals surface area contributed by atoms with E-state index < -0.39 is 12.0 Å². The summed E-state index contributed by atoms with van der Waals surface area (Å²) in [7, 11) is 0. The summed E-state index contributed by atoms with van der Waals surface area (Å²) in [5.41, 5.74) is 2.95. The molecule has 1 N–H and O–H groups in total. The molecule has 0 aromatic heterocycles. The van der Waals surface area contributed by atoms with E-state index in [1.54, 1.807) is 17.9 Å². The van der Waals surface area contributed by atoms with E-state index in [0.717, 1.165) is 11.1 Å². The van der Waals surface area contributed by atoms with Gasteiger partial charge in [-0.1, -0.05) is 35.9 Å². The fraction of sp³-hybridized carbons (Fsp3) is 0.500. The van der Waals surface area contributed by atoms with Crippen molar-refractivity contribution in [3.8, 4) is 0 Å². The summed E-state index contributed by atoms with van der Waals surface area (Å²) >= 11 is 0. The zero-order valence-corrected chi connectivity index (χ0v) is 20.3. The molecule has 1 aromatic rings. The van der Waals surface area contributed by atoms with Crippen LogP contribution in [0.5, 0.6) is 0 Å². The number of hydrogen-bond donors (Lipinski definition) is 1. The fourth-order valence-corrected chi connectivity index (χ4v) is 4.45. The summed E-state index contributed by atoms with van der Waals surface area (Å²) in [6.45, 7) is 12.0. The van der Waals surface area contributed by atoms with E-state index in [9.17, 15) is 14.4 Å². The molecule has 1 saturated heterocycles. The summed E-state index contributed by atoms with van der Waals surface area (Å²) in [5, 5.41) is 2.98. The summed E-state index contributed by atoms with van der Waals surface area (Å²) in [5.74, 6) is -0.717. The number of esters is 2. The number of rotatable bonds is 9. The van der Waals surface area contributed by atoms with Crippen LogP contribution in [0.4, 0.5) is 4.79 Å². The van der Waals surface area contributed by atoms with E-state index in [2.05, 4.69) is 16.8 Å². The van der Waals surface area contributed by atoms with Crippen molar-refractivity contribution in [3.05, 3.63) is 59.3 Å². The highest BCUT2D eigenvalue weighted by Gasteiger charge is 2.39. The van der Waals surface area contributed by atoms with Gasteiger partial charge in [-0.3, -0.25) is 14.6 Å². The highest BCUT2D eigenvalue weighted by Crippen LogP contribution is 2.33. The molecule has 8 heteroatoms. The molecule has 2 amide bonds. The van der Waals surface area contributed by atoms with Crippen LogP contribution in [0, 0.1) is 12.8 Å². The van der Waals surface area contributed by atoms with Crippen molar-refractivity contribution in [1.82, 2.24) is 15.1 Å². The van der Waals surface area contributed by atoms with Crippen molar-refractivity contribution < 1.29 is 23.9 Å². The van der Waals surface area contributed by atoms with Crippen LogP contribution < -0.4 is 5.32 Å². The number of likely N-dealkylation sites (tertiary alicyclic amines) is 1. The number of aryl methyl sites for hydroxylation is 1. The molecule has 2 aliphatic rings. The first-order valence-electron chi connectivity index (χ1n) is 11.9. The largest absolute Gasteiger partial charge is 0.466 e. The van der Waals surface area contributed by atoms with E-state index >= 15 is 0 Å². The lowest BCUT2D eigenvalue weighted by Gasteiger charge is -2.39. The minimum absolute atomic E-state index is 0.117. The second-order valence-corrected chi connectivity index (χ2v) is 8.58. The molecular formula is C26H35N3O5. The molecule has 2 aliphatic heterocycles. The molecule has 34 heavy (non-hydrogen) atoms. The number of benzene rings is 1. The molecule has 184 valence electrons. The first-order valence-corrected chi connectivity index (χ1v) is 11.9. The molecule has 0 spiro atoms. The van der Waals surface area contributed by atoms with Crippen molar-refractivity contribution in [2.24, 2.45) is 5.92 Å². The number of nitrogens with zero attached hydrogens (tertiary/aromatic N) is 2. The Morgan fingerprint density at radius 3 is 2.35 bits per heavy atom. The molecule has 0 radical (unpaired) electrons. The first kappa shape index (κ1) is 25.5. The fourth-order valence-electron chi connectivity index (χ4n) is 4.45. The van der Waals surface area contributed by atoms with Gasteiger partial charge < -0.3 is 14.8 Å². The van der Waals surface area contributed by atoms with Crippen LogP contribution in [0.3, 0.4) is 0 Å². The Labute approximate surface area is 201 Å². The predicted octanol–water partition coefficient (Wildman–Crippen LogP) is 3.34. The third-order valence-electron chi connectivity index (χ3n) is 6.24. The summed E-state index contributed by atoms with van der Waals surface area (Å²) in [4.78, 5) is 42.2. The third-order valence-corrected chi connectivity index (χ3v) is 6.24. The van der Waals surface area contributed by atoms with Gasteiger partial charge in [-0.05, 0) is 52.3 Å². The van der Waals surface area contributed by atoms with Gasteiger partial charge in [-0.25, -0.2) is 9.59 Å². The lowest BCUT2D eigenvalue weighted by atomic mass is 9.92. The number of amides is 2. The molecule has 1 unspecified atom stereocenters. The lowest BCUT2D eigenvalue weighted by Crippen LogP contribution is -2.51. The Bertz CT molecular complexity index is 932. The minimum atomic E-state index is -0.611. The Kier molecular flexibility index (Phi) is 8.87. The second-order valence-electron chi connectivity index (χ2n) is 8.58. The van der Waals surface area contributed by atoms with E-state index in [4.69, 9.17) is 9.47 Å². The van der Waals surface area contributed by atoms with Gasteiger partial charge in [0.15, 0.2) is 0 Å². The molecule has 2 heterocycles. The summed E-state index contributed by atoms with van der Waals surface area (Å²) in [6, 6.07) is 6.87. The molecule has 0 saturated carbocycles. The molecule has 1 aromatic carbocycles. The number of carbonyl (C=O) groups is 3. The maximum atomic E-state index is 13.2. The average molecular weight is 470 g/mol. The number of ether oxygens (including phenoxy) is 2. The van der Waals surface area contributed by atoms with Crippen LogP contribution in [-0.2, 0) is 19.1 Å². The number of carbonyl (C=O) groups excluding carboxylic acids is 3. The number of nitrogens with one attached hydrogen (secondary N) is 1. The van der Waals surface area contributed by atoms with E-state index in [1.165, 1.54) is 0 Å². The minimum Gasteiger partial charge on any atom is -0.466 e. The van der Waals surface area contributed by atoms with E-state index in [-0.39, 0.29) is 31.1 Å². The van der Waals surface area contributed by atoms with Crippen LogP contribution >= 0.6 is 0 Å². The van der Waals surface area contributed by atoms with Crippen LogP contribution in [0.2, 0.25) is 0 Å². The zero-order chi connectivity index (χ0) is 24.7. The third kappa shape index (κ3) is 5.86. The maximum Gasteiger partial charge on any atom is 0.338 e. The van der Waals surface area contributed by atoms with Gasteiger partial charge in [0.25, 0.3) is 0 Å². The van der Waals surface area contributed by atoms with Gasteiger partial charge in [-0.15, -0.1) is 6.58 Å². The van der Waals surface area contributed by atoms with Crippen molar-refractivity contribution in [3.63, 3.8) is 0 Å². The number of piperidine rings is 1. The smallest absolute Gasteiger partial charge is 0.338 e. The highest BCUT2D eigenvalue weighted by molar-refractivity contribution is 5.95. The first-order chi connectivity index (χ1) is 16.4. The number of urea groups is 1. The van der Waals surface area contributed by atoms with Crippen molar-refractivity contribution >= 4 is 18.0 Å². The lowest BCUT2D eigenvalue weighted by molar-refractivity contribution is -0.149. The summed E-state index contributed by atoms with van der Waals surface area (Å²) in [6.07, 6.45) is 2.99. The van der Waals surface area contributed by atoms with E-state index in [0.29, 0.717) is 50.4 Å². The predicted molar refractivity (Wildman–Crippen MR) is 129 cm³/mol. The van der Waals surface area contributed by atoms with Crippen molar-refractivity contribution in [2.75, 3.05) is 39.4 Å². The molecule has 0 aliphatic carbocycles. The van der Waals surface area contributed by atoms with Gasteiger partial charge in [0.05, 0.1) is 30.7 Å². The van der Waals surface area contributed by atoms with Crippen molar-refractivity contribution in [1.29, 1.82) is 0 Å². The van der Waals surface area contributed by atoms with Gasteiger partial charge in [0.2, 0.25) is 0 Å². The molecule has 0 bridgehead atoms. The molecule has 1 atom stereocenters. The molecule has 8 nitrogen and oxygen atoms in total. The molecular weight excluding hydrogens is 434 g/mol. The van der Waals surface area contributed by atoms with Gasteiger partial charge in [-0.2, -0.15) is 0 Å². The standard InChI is InChI=1S/C26H35N3O5/c1-5-14-29-21(17-28-15-12-20(13-16-28)24(30)33-6-2)22(25(31)34-7-3)23(27-26(29)32)19-10-8-18(4)9-11-19/h5,8-11,20,23H,1,6-7,12-17H2,2-4H3,(H,27,32). The monoisotopic (exact) mass is 469 g/mol. The van der Waals surface area contributed by atoms with Gasteiger partial charge in [0.1, 0.15) is 0 Å². The SMILES string of the molecule is C=CCN1C(=O)NC(c2ccc(C)cc2)C(C(=O)OCC)=C1CN1CCC(C(=O)OCC)CC1. The average Bonchev–Trinajstić information content (AvgIpc) is 2.82. The topological polar surface area (TPSA) is 88.2 Å². The van der Waals surface area contributed by atoms with Crippen LogP contribution in [-0.4, -0.2) is 67.2 Å². The Morgan fingerprint density at radius 2 is 1.76 bits per heavy atom. The number of hydrogen-bond acceptors (Lipinski definition) is 6. The van der Waals surface area contributed by atoms with E-state index in [1.807, 2.05) is 38.1 Å². The highest BCUT2D eigenvalue weighted by atomic mass is 16.5. The van der Waals surface area contributed by atoms with Crippen LogP contribution in [0.1, 0.15) is 43.9 Å². The van der Waals surface area contributed by atoms with Crippen LogP contribution in [0.25, 0.3) is 0 Å². The normalized spacial score (nSPS) is 19.6. The van der Waals surface area contributed by atoms with Gasteiger partial charge >= 0.3 is 18.0 Å². The Morgan fingerprint density at radius 1 is 1.12 bits per heavy atom. The Hall–Kier alpha value is -3.13.